The molecule has 8 heterocycles. The van der Waals surface area contributed by atoms with Gasteiger partial charge in [0.1, 0.15) is 36.8 Å². The SMILES string of the molecule is CC(C)[C@@H](CN1CCC[C@H]1C(=O)N(C)CC(=O)O)N(C)C(=O)[C@@H](NC(=O)C1CCCCN1C)C(C)(C)C.CC(C)[C@@H](CN1CCC[C@H]1C(=O)N1CCCC[C@H]1C(=O)O)N(C)C(=O)[C@@H](NC(=O)C1CCCCN1C)C(C)(C)C.CC(C)[C@@H](CN1CCC[C@H]1C(=O)N1C[C@H](O)C[C@H]1C(=O)O)N(C)C(=O)[C@@H](NC(=O)C1CCCCN1C)C(C)(C)C. The van der Waals surface area contributed by atoms with E-state index in [1.807, 2.05) is 104 Å². The zero-order valence-electron chi connectivity index (χ0n) is 75.4. The number of aliphatic hydroxyl groups is 1. The fraction of sp³-hybridized carbons (Fsp3) is 0.860. The summed E-state index contributed by atoms with van der Waals surface area (Å²) in [5, 5.41) is 47.7. The predicted octanol–water partition coefficient (Wildman–Crippen LogP) is 4.90. The molecule has 7 N–H and O–H groups in total. The molecule has 668 valence electrons. The van der Waals surface area contributed by atoms with E-state index < -0.39 is 82.5 Å². The number of aliphatic carboxylic acids is 3. The van der Waals surface area contributed by atoms with Gasteiger partial charge in [-0.1, -0.05) is 123 Å². The fourth-order valence-corrected chi connectivity index (χ4v) is 18.7. The maximum Gasteiger partial charge on any atom is 0.326 e. The van der Waals surface area contributed by atoms with Crippen LogP contribution in [0, 0.1) is 34.0 Å². The van der Waals surface area contributed by atoms with Gasteiger partial charge in [0.05, 0.1) is 42.4 Å². The van der Waals surface area contributed by atoms with Crippen LogP contribution in [-0.4, -0.2) is 369 Å². The van der Waals surface area contributed by atoms with Crippen LogP contribution in [-0.2, 0) is 57.5 Å². The molecule has 31 heteroatoms. The Hall–Kier alpha value is -6.64. The number of nitrogens with one attached hydrogen (secondary N) is 3. The van der Waals surface area contributed by atoms with Gasteiger partial charge >= 0.3 is 17.9 Å². The van der Waals surface area contributed by atoms with Crippen LogP contribution in [0.2, 0.25) is 0 Å². The zero-order valence-corrected chi connectivity index (χ0v) is 75.4. The summed E-state index contributed by atoms with van der Waals surface area (Å²) in [6.45, 7) is 36.4. The van der Waals surface area contributed by atoms with Gasteiger partial charge in [-0.25, -0.2) is 9.59 Å². The van der Waals surface area contributed by atoms with Gasteiger partial charge in [-0.2, -0.15) is 0 Å². The molecule has 3 unspecified atom stereocenters. The number of carbonyl (C=O) groups is 12. The van der Waals surface area contributed by atoms with Crippen molar-refractivity contribution >= 4 is 71.1 Å². The van der Waals surface area contributed by atoms with Crippen molar-refractivity contribution in [2.75, 3.05) is 128 Å². The number of piperidine rings is 4. The molecule has 8 aliphatic rings. The molecule has 117 heavy (non-hydrogen) atoms. The molecule has 8 aliphatic heterocycles. The first-order valence-electron chi connectivity index (χ1n) is 43.8. The maximum absolute atomic E-state index is 14.0. The second-order valence-corrected chi connectivity index (χ2v) is 39.3. The third-order valence-corrected chi connectivity index (χ3v) is 26.1. The Labute approximate surface area is 699 Å². The first kappa shape index (κ1) is 99.2. The van der Waals surface area contributed by atoms with Gasteiger partial charge in [-0.05, 0) is 191 Å². The predicted molar refractivity (Wildman–Crippen MR) is 449 cm³/mol. The van der Waals surface area contributed by atoms with E-state index in [4.69, 9.17) is 5.11 Å². The van der Waals surface area contributed by atoms with Crippen LogP contribution in [0.5, 0.6) is 0 Å². The molecule has 0 aromatic carbocycles. The summed E-state index contributed by atoms with van der Waals surface area (Å²) in [6, 6.07) is -6.36. The van der Waals surface area contributed by atoms with E-state index in [2.05, 4.69) is 73.0 Å². The minimum absolute atomic E-state index is 0.0231. The van der Waals surface area contributed by atoms with Crippen LogP contribution >= 0.6 is 0 Å². The Morgan fingerprint density at radius 3 is 0.966 bits per heavy atom. The summed E-state index contributed by atoms with van der Waals surface area (Å²) in [4.78, 5) is 178. The minimum Gasteiger partial charge on any atom is -0.480 e. The highest BCUT2D eigenvalue weighted by Gasteiger charge is 2.49. The van der Waals surface area contributed by atoms with Crippen LogP contribution in [0.25, 0.3) is 0 Å². The molecular weight excluding hydrogens is 1500 g/mol. The van der Waals surface area contributed by atoms with Gasteiger partial charge < -0.3 is 65.8 Å². The minimum atomic E-state index is -1.10. The van der Waals surface area contributed by atoms with Crippen molar-refractivity contribution in [3.8, 4) is 0 Å². The molecule has 0 radical (unpaired) electrons. The van der Waals surface area contributed by atoms with Crippen molar-refractivity contribution in [2.24, 2.45) is 34.0 Å². The van der Waals surface area contributed by atoms with Crippen LogP contribution < -0.4 is 16.0 Å². The van der Waals surface area contributed by atoms with Crippen molar-refractivity contribution in [1.29, 1.82) is 0 Å². The lowest BCUT2D eigenvalue weighted by Crippen LogP contribution is -2.61. The van der Waals surface area contributed by atoms with Crippen LogP contribution in [0.4, 0.5) is 0 Å². The largest absolute Gasteiger partial charge is 0.480 e. The van der Waals surface area contributed by atoms with Crippen LogP contribution in [0.1, 0.15) is 226 Å². The lowest BCUT2D eigenvalue weighted by atomic mass is 9.84. The number of carbonyl (C=O) groups excluding carboxylic acids is 9. The van der Waals surface area contributed by atoms with Crippen molar-refractivity contribution < 1.29 is 78.0 Å². The van der Waals surface area contributed by atoms with Gasteiger partial charge in [-0.15, -0.1) is 0 Å². The van der Waals surface area contributed by atoms with E-state index in [9.17, 15) is 72.9 Å². The van der Waals surface area contributed by atoms with Crippen molar-refractivity contribution in [3.63, 3.8) is 0 Å². The number of β-amino-alcohol motifs (C(OH)–C–C–N with tert-alkyl or cyclic N) is 1. The summed E-state index contributed by atoms with van der Waals surface area (Å²) in [5.41, 5.74) is -1.48. The van der Waals surface area contributed by atoms with Gasteiger partial charge in [0.25, 0.3) is 0 Å². The number of carboxylic acid groups (broad SMARTS) is 3. The Morgan fingerprint density at radius 2 is 0.667 bits per heavy atom. The van der Waals surface area contributed by atoms with Crippen molar-refractivity contribution in [2.45, 2.75) is 317 Å². The molecule has 9 amide bonds. The second kappa shape index (κ2) is 43.7. The summed E-state index contributed by atoms with van der Waals surface area (Å²) >= 11 is 0. The fourth-order valence-electron chi connectivity index (χ4n) is 18.7. The lowest BCUT2D eigenvalue weighted by molar-refractivity contribution is -0.154. The van der Waals surface area contributed by atoms with Gasteiger partial charge in [0.2, 0.25) is 53.2 Å². The topological polar surface area (TPSA) is 361 Å². The number of rotatable bonds is 28. The van der Waals surface area contributed by atoms with Gasteiger partial charge in [-0.3, -0.25) is 77.3 Å². The molecule has 15 atom stereocenters. The van der Waals surface area contributed by atoms with E-state index in [1.165, 1.54) is 16.8 Å². The molecular formula is C86H153N15O16. The summed E-state index contributed by atoms with van der Waals surface area (Å²) in [5.74, 6) is -4.06. The number of amides is 9. The molecule has 8 saturated heterocycles. The van der Waals surface area contributed by atoms with E-state index in [0.717, 1.165) is 123 Å². The smallest absolute Gasteiger partial charge is 0.326 e. The normalized spacial score (nSPS) is 25.8. The molecule has 0 aromatic rings. The molecule has 0 aliphatic carbocycles. The average molecular weight is 1650 g/mol. The maximum atomic E-state index is 14.0. The Balaban J connectivity index is 0.000000273. The average Bonchev–Trinajstić information content (AvgIpc) is 1.45. The monoisotopic (exact) mass is 1650 g/mol. The number of aliphatic hydroxyl groups excluding tert-OH is 1. The van der Waals surface area contributed by atoms with Gasteiger partial charge in [0.15, 0.2) is 0 Å². The van der Waals surface area contributed by atoms with Gasteiger partial charge in [0, 0.05) is 85.5 Å². The first-order valence-corrected chi connectivity index (χ1v) is 43.8. The highest BCUT2D eigenvalue weighted by molar-refractivity contribution is 5.93. The van der Waals surface area contributed by atoms with Crippen LogP contribution in [0.3, 0.4) is 0 Å². The Morgan fingerprint density at radius 1 is 0.376 bits per heavy atom. The quantitative estimate of drug-likeness (QED) is 0.0547. The highest BCUT2D eigenvalue weighted by atomic mass is 16.4. The number of nitrogens with zero attached hydrogens (tertiary/aromatic N) is 12. The highest BCUT2D eigenvalue weighted by Crippen LogP contribution is 2.34. The molecule has 8 fully saturated rings. The molecule has 0 aromatic heterocycles. The molecule has 0 saturated carbocycles. The number of likely N-dealkylation sites (tertiary alicyclic amines) is 8. The third-order valence-electron chi connectivity index (χ3n) is 26.1. The summed E-state index contributed by atoms with van der Waals surface area (Å²) < 4.78 is 0. The van der Waals surface area contributed by atoms with Crippen molar-refractivity contribution in [3.05, 3.63) is 0 Å². The number of hydrogen-bond donors (Lipinski definition) is 7. The van der Waals surface area contributed by atoms with Crippen molar-refractivity contribution in [1.82, 2.24) is 74.7 Å². The third kappa shape index (κ3) is 26.7. The van der Waals surface area contributed by atoms with E-state index in [-0.39, 0.29) is 133 Å². The zero-order chi connectivity index (χ0) is 87.8. The standard InChI is InChI=1S/C30H53N5O5.C29H51N5O6.C27H49N5O5/c1-20(2)24(19-34-17-12-15-22(34)27(37)35-18-11-9-14-23(35)29(39)40)33(7)28(38)25(30(3,4)5)31-26(36)21-13-8-10-16-32(21)6;1-18(2)23(17-33-14-10-12-21(33)26(37)34-16-19(35)15-22(34)28(39)40)32(7)27(38)24(29(3,4)5)30-25(36)20-11-8-9-13-31(20)6;1-18(2)21(16-32-15-11-13-20(32)25(36)30(7)17-22(33)34)31(8)26(37)23(27(3,4)5)28-24(35)19-12-9-10-14-29(19)6/h20-25H,8-19H2,1-7H3,(H,31,36)(H,39,40);18-24,35H,8-17H2,1-7H3,(H,30,36)(H,39,40);18-21,23H,9-17H2,1-8H3,(H,28,35)(H,33,34)/t21?,22-,23-,24+,25+;19-,20?,21+,22+,23-,24-;19?,20-,21+,23+/m010/s1. The molecule has 0 spiro atoms. The Kier molecular flexibility index (Phi) is 37.1. The van der Waals surface area contributed by atoms with E-state index in [1.54, 1.807) is 33.7 Å². The van der Waals surface area contributed by atoms with E-state index in [0.29, 0.717) is 58.4 Å². The van der Waals surface area contributed by atoms with E-state index >= 15 is 0 Å². The number of carboxylic acids is 3. The Bertz CT molecular complexity index is 3230. The van der Waals surface area contributed by atoms with Crippen LogP contribution in [0.15, 0.2) is 0 Å². The number of hydrogen-bond acceptors (Lipinski definition) is 19. The molecule has 0 bridgehead atoms. The summed E-state index contributed by atoms with van der Waals surface area (Å²) in [6.07, 6.45) is 14.4. The molecule has 8 rings (SSSR count). The summed E-state index contributed by atoms with van der Waals surface area (Å²) in [7, 11) is 12.8. The first-order chi connectivity index (χ1) is 54.5. The second-order valence-electron chi connectivity index (χ2n) is 39.3. The lowest BCUT2D eigenvalue weighted by Gasteiger charge is -2.42. The molecule has 31 nitrogen and oxygen atoms in total. The number of likely N-dealkylation sites (N-methyl/N-ethyl adjacent to an activating group) is 7.